The van der Waals surface area contributed by atoms with Gasteiger partial charge in [0.05, 0.1) is 12.2 Å². The Kier molecular flexibility index (Phi) is 4.61. The highest BCUT2D eigenvalue weighted by Crippen LogP contribution is 2.55. The van der Waals surface area contributed by atoms with Gasteiger partial charge in [0.15, 0.2) is 0 Å². The molecule has 2 bridgehead atoms. The summed E-state index contributed by atoms with van der Waals surface area (Å²) in [5, 5.41) is 0. The molecule has 5 unspecified atom stereocenters. The molecular weight excluding hydrogens is 308 g/mol. The first kappa shape index (κ1) is 16.7. The van der Waals surface area contributed by atoms with E-state index in [1.165, 1.54) is 12.8 Å². The smallest absolute Gasteiger partial charge is 0.0876 e. The third kappa shape index (κ3) is 3.09. The van der Waals surface area contributed by atoms with E-state index in [9.17, 15) is 0 Å². The van der Waals surface area contributed by atoms with Crippen LogP contribution < -0.4 is 0 Å². The van der Waals surface area contributed by atoms with Crippen molar-refractivity contribution in [2.75, 3.05) is 6.61 Å². The zero-order valence-electron chi connectivity index (χ0n) is 14.0. The van der Waals surface area contributed by atoms with Gasteiger partial charge in [-0.2, -0.15) is 0 Å². The van der Waals surface area contributed by atoms with Crippen molar-refractivity contribution in [2.24, 2.45) is 29.6 Å². The SMILES string of the molecule is CC1C2CC(COC(C)(C)c3cc(S)cc(S)c3)C(C2)C1C. The first-order valence-electron chi connectivity index (χ1n) is 8.45. The normalized spacial score (nSPS) is 34.4. The Labute approximate surface area is 146 Å². The van der Waals surface area contributed by atoms with E-state index in [4.69, 9.17) is 4.74 Å². The molecule has 2 aliphatic carbocycles. The Morgan fingerprint density at radius 1 is 1.05 bits per heavy atom. The molecule has 0 heterocycles. The second-order valence-corrected chi connectivity index (χ2v) is 8.97. The standard InChI is InChI=1S/C19H28OS2/c1-11-12(2)18-6-13(11)5-14(18)10-20-19(3,4)15-7-16(21)9-17(22)8-15/h7-9,11-14,18,21-22H,5-6,10H2,1-4H3. The van der Waals surface area contributed by atoms with E-state index in [0.717, 1.165) is 51.6 Å². The molecule has 0 aliphatic heterocycles. The maximum Gasteiger partial charge on any atom is 0.0876 e. The molecular formula is C19H28OS2. The molecule has 0 spiro atoms. The molecule has 122 valence electrons. The van der Waals surface area contributed by atoms with Crippen LogP contribution in [0.5, 0.6) is 0 Å². The van der Waals surface area contributed by atoms with E-state index in [1.54, 1.807) is 0 Å². The van der Waals surface area contributed by atoms with Gasteiger partial charge < -0.3 is 4.74 Å². The zero-order valence-corrected chi connectivity index (χ0v) is 15.8. The monoisotopic (exact) mass is 336 g/mol. The fraction of sp³-hybridized carbons (Fsp3) is 0.684. The number of rotatable bonds is 4. The van der Waals surface area contributed by atoms with Crippen LogP contribution in [0.2, 0.25) is 0 Å². The van der Waals surface area contributed by atoms with Crippen LogP contribution in [0.15, 0.2) is 28.0 Å². The van der Waals surface area contributed by atoms with Crippen LogP contribution >= 0.6 is 25.3 Å². The summed E-state index contributed by atoms with van der Waals surface area (Å²) in [5.74, 6) is 4.31. The molecule has 22 heavy (non-hydrogen) atoms. The van der Waals surface area contributed by atoms with Crippen LogP contribution in [0.4, 0.5) is 0 Å². The lowest BCUT2D eigenvalue weighted by Crippen LogP contribution is -2.31. The lowest BCUT2D eigenvalue weighted by atomic mass is 9.76. The van der Waals surface area contributed by atoms with Gasteiger partial charge in [-0.15, -0.1) is 25.3 Å². The zero-order chi connectivity index (χ0) is 16.1. The highest BCUT2D eigenvalue weighted by Gasteiger charge is 2.48. The number of thiol groups is 2. The highest BCUT2D eigenvalue weighted by molar-refractivity contribution is 7.81. The third-order valence-electron chi connectivity index (χ3n) is 6.29. The summed E-state index contributed by atoms with van der Waals surface area (Å²) >= 11 is 8.93. The lowest BCUT2D eigenvalue weighted by molar-refractivity contribution is -0.0542. The molecule has 0 saturated heterocycles. The largest absolute Gasteiger partial charge is 0.371 e. The number of ether oxygens (including phenoxy) is 1. The van der Waals surface area contributed by atoms with E-state index in [0.29, 0.717) is 0 Å². The van der Waals surface area contributed by atoms with Crippen molar-refractivity contribution in [2.45, 2.75) is 55.9 Å². The van der Waals surface area contributed by atoms with Gasteiger partial charge in [0, 0.05) is 9.79 Å². The second-order valence-electron chi connectivity index (χ2n) is 7.93. The highest BCUT2D eigenvalue weighted by atomic mass is 32.1. The molecule has 3 heteroatoms. The molecule has 0 radical (unpaired) electrons. The molecule has 1 aromatic rings. The Morgan fingerprint density at radius 2 is 1.68 bits per heavy atom. The molecule has 3 rings (SSSR count). The topological polar surface area (TPSA) is 9.23 Å². The molecule has 5 atom stereocenters. The van der Waals surface area contributed by atoms with Gasteiger partial charge in [-0.05, 0) is 80.0 Å². The Balaban J connectivity index is 1.66. The Bertz CT molecular complexity index is 532. The molecule has 2 aliphatic rings. The summed E-state index contributed by atoms with van der Waals surface area (Å²) in [5.41, 5.74) is 0.877. The van der Waals surface area contributed by atoms with Gasteiger partial charge in [-0.25, -0.2) is 0 Å². The van der Waals surface area contributed by atoms with Crippen molar-refractivity contribution < 1.29 is 4.74 Å². The summed E-state index contributed by atoms with van der Waals surface area (Å²) in [6.45, 7) is 10.1. The van der Waals surface area contributed by atoms with Crippen molar-refractivity contribution in [3.05, 3.63) is 23.8 Å². The molecule has 0 aromatic heterocycles. The van der Waals surface area contributed by atoms with Crippen molar-refractivity contribution in [3.63, 3.8) is 0 Å². The fourth-order valence-corrected chi connectivity index (χ4v) is 5.29. The van der Waals surface area contributed by atoms with E-state index >= 15 is 0 Å². The second kappa shape index (κ2) is 6.07. The average molecular weight is 337 g/mol. The number of fused-ring (bicyclic) bond motifs is 2. The summed E-state index contributed by atoms with van der Waals surface area (Å²) < 4.78 is 6.38. The molecule has 1 nitrogen and oxygen atoms in total. The van der Waals surface area contributed by atoms with Crippen LogP contribution in [-0.4, -0.2) is 6.61 Å². The van der Waals surface area contributed by atoms with E-state index < -0.39 is 0 Å². The molecule has 0 amide bonds. The van der Waals surface area contributed by atoms with Crippen molar-refractivity contribution >= 4 is 25.3 Å². The van der Waals surface area contributed by atoms with E-state index in [2.05, 4.69) is 65.1 Å². The minimum atomic E-state index is -0.285. The first-order chi connectivity index (χ1) is 10.3. The van der Waals surface area contributed by atoms with Crippen molar-refractivity contribution in [1.29, 1.82) is 0 Å². The maximum atomic E-state index is 6.38. The number of hydrogen-bond donors (Lipinski definition) is 2. The number of hydrogen-bond acceptors (Lipinski definition) is 3. The third-order valence-corrected chi connectivity index (χ3v) is 6.81. The predicted molar refractivity (Wildman–Crippen MR) is 98.0 cm³/mol. The van der Waals surface area contributed by atoms with Crippen LogP contribution in [-0.2, 0) is 10.3 Å². The predicted octanol–water partition coefficient (Wildman–Crippen LogP) is 5.44. The molecule has 2 fully saturated rings. The van der Waals surface area contributed by atoms with Crippen LogP contribution in [0, 0.1) is 29.6 Å². The minimum Gasteiger partial charge on any atom is -0.371 e. The van der Waals surface area contributed by atoms with Crippen molar-refractivity contribution in [3.8, 4) is 0 Å². The fourth-order valence-electron chi connectivity index (χ4n) is 4.63. The minimum absolute atomic E-state index is 0.285. The summed E-state index contributed by atoms with van der Waals surface area (Å²) in [4.78, 5) is 1.89. The molecule has 0 N–H and O–H groups in total. The summed E-state index contributed by atoms with van der Waals surface area (Å²) in [7, 11) is 0. The van der Waals surface area contributed by atoms with Gasteiger partial charge in [-0.1, -0.05) is 13.8 Å². The molecule has 2 saturated carbocycles. The van der Waals surface area contributed by atoms with Crippen LogP contribution in [0.1, 0.15) is 46.1 Å². The van der Waals surface area contributed by atoms with Crippen LogP contribution in [0.3, 0.4) is 0 Å². The van der Waals surface area contributed by atoms with E-state index in [-0.39, 0.29) is 5.60 Å². The average Bonchev–Trinajstić information content (AvgIpc) is 2.96. The quantitative estimate of drug-likeness (QED) is 0.696. The number of benzene rings is 1. The lowest BCUT2D eigenvalue weighted by Gasteiger charge is -2.34. The van der Waals surface area contributed by atoms with Gasteiger partial charge in [0.25, 0.3) is 0 Å². The Morgan fingerprint density at radius 3 is 2.23 bits per heavy atom. The molecule has 1 aromatic carbocycles. The maximum absolute atomic E-state index is 6.38. The van der Waals surface area contributed by atoms with Gasteiger partial charge in [0.2, 0.25) is 0 Å². The Hall–Kier alpha value is -0.120. The van der Waals surface area contributed by atoms with Crippen molar-refractivity contribution in [1.82, 2.24) is 0 Å². The van der Waals surface area contributed by atoms with Crippen LogP contribution in [0.25, 0.3) is 0 Å². The summed E-state index contributed by atoms with van der Waals surface area (Å²) in [6.07, 6.45) is 2.78. The summed E-state index contributed by atoms with van der Waals surface area (Å²) in [6, 6.07) is 6.15. The van der Waals surface area contributed by atoms with Gasteiger partial charge in [-0.3, -0.25) is 0 Å². The van der Waals surface area contributed by atoms with E-state index in [1.807, 2.05) is 6.07 Å². The van der Waals surface area contributed by atoms with Gasteiger partial charge in [0.1, 0.15) is 0 Å². The first-order valence-corrected chi connectivity index (χ1v) is 9.35. The van der Waals surface area contributed by atoms with Gasteiger partial charge >= 0.3 is 0 Å².